The van der Waals surface area contributed by atoms with Crippen molar-refractivity contribution in [2.24, 2.45) is 0 Å². The van der Waals surface area contributed by atoms with E-state index in [9.17, 15) is 0 Å². The Hall–Kier alpha value is -0.790. The predicted molar refractivity (Wildman–Crippen MR) is 77.8 cm³/mol. The van der Waals surface area contributed by atoms with E-state index in [1.54, 1.807) is 0 Å². The summed E-state index contributed by atoms with van der Waals surface area (Å²) in [4.78, 5) is 0. The van der Waals surface area contributed by atoms with Crippen LogP contribution in [0.2, 0.25) is 0 Å². The zero-order valence-corrected chi connectivity index (χ0v) is 12.2. The first-order valence-electron chi connectivity index (χ1n) is 5.55. The summed E-state index contributed by atoms with van der Waals surface area (Å²) in [5, 5.41) is -0.107. The van der Waals surface area contributed by atoms with Crippen molar-refractivity contribution in [3.05, 3.63) is 69.2 Å². The lowest BCUT2D eigenvalue weighted by molar-refractivity contribution is 1.11. The summed E-state index contributed by atoms with van der Waals surface area (Å²) in [6.07, 6.45) is 0. The molecule has 0 heterocycles. The van der Waals surface area contributed by atoms with E-state index in [0.717, 1.165) is 15.6 Å². The van der Waals surface area contributed by atoms with Crippen molar-refractivity contribution in [3.8, 4) is 0 Å². The third kappa shape index (κ3) is 2.72. The number of hydrogen-bond donors (Lipinski definition) is 0. The first-order valence-corrected chi connectivity index (χ1v) is 6.78. The maximum atomic E-state index is 6.53. The minimum atomic E-state index is -0.107. The monoisotopic (exact) mass is 308 g/mol. The molecule has 1 atom stereocenters. The van der Waals surface area contributed by atoms with E-state index in [2.05, 4.69) is 54.0 Å². The van der Waals surface area contributed by atoms with Crippen molar-refractivity contribution < 1.29 is 0 Å². The summed E-state index contributed by atoms with van der Waals surface area (Å²) in [5.41, 5.74) is 4.82. The molecule has 0 aliphatic heterocycles. The topological polar surface area (TPSA) is 0 Å². The Morgan fingerprint density at radius 1 is 1.00 bits per heavy atom. The maximum absolute atomic E-state index is 6.53. The van der Waals surface area contributed by atoms with E-state index < -0.39 is 0 Å². The van der Waals surface area contributed by atoms with Crippen LogP contribution in [0.1, 0.15) is 27.6 Å². The molecule has 0 aliphatic rings. The van der Waals surface area contributed by atoms with Gasteiger partial charge in [0.1, 0.15) is 0 Å². The zero-order valence-electron chi connectivity index (χ0n) is 9.87. The molecule has 0 amide bonds. The van der Waals surface area contributed by atoms with E-state index in [0.29, 0.717) is 0 Å². The van der Waals surface area contributed by atoms with Gasteiger partial charge in [0, 0.05) is 4.47 Å². The fraction of sp³-hybridized carbons (Fsp3) is 0.200. The van der Waals surface area contributed by atoms with Crippen LogP contribution in [0.15, 0.2) is 46.9 Å². The average molecular weight is 310 g/mol. The number of hydrogen-bond acceptors (Lipinski definition) is 0. The highest BCUT2D eigenvalue weighted by atomic mass is 79.9. The molecule has 0 aromatic heterocycles. The SMILES string of the molecule is Cc1ccc(C(Cl)c2ccccc2Br)cc1C. The van der Waals surface area contributed by atoms with Gasteiger partial charge in [-0.2, -0.15) is 0 Å². The number of halogens is 2. The van der Waals surface area contributed by atoms with Crippen LogP contribution in [0, 0.1) is 13.8 Å². The van der Waals surface area contributed by atoms with Crippen LogP contribution in [0.25, 0.3) is 0 Å². The van der Waals surface area contributed by atoms with Crippen LogP contribution >= 0.6 is 27.5 Å². The minimum absolute atomic E-state index is 0.107. The lowest BCUT2D eigenvalue weighted by Gasteiger charge is -2.13. The largest absolute Gasteiger partial charge is 0.113 e. The summed E-state index contributed by atoms with van der Waals surface area (Å²) < 4.78 is 1.05. The van der Waals surface area contributed by atoms with E-state index in [-0.39, 0.29) is 5.38 Å². The molecule has 88 valence electrons. The number of benzene rings is 2. The highest BCUT2D eigenvalue weighted by molar-refractivity contribution is 9.10. The Morgan fingerprint density at radius 3 is 2.35 bits per heavy atom. The molecule has 2 aromatic rings. The molecule has 1 unspecified atom stereocenters. The molecule has 0 spiro atoms. The standard InChI is InChI=1S/C15H14BrCl/c1-10-7-8-12(9-11(10)2)15(17)13-5-3-4-6-14(13)16/h3-9,15H,1-2H3. The Morgan fingerprint density at radius 2 is 1.71 bits per heavy atom. The Kier molecular flexibility index (Phi) is 3.90. The lowest BCUT2D eigenvalue weighted by Crippen LogP contribution is -1.95. The fourth-order valence-corrected chi connectivity index (χ4v) is 2.75. The molecule has 0 bridgehead atoms. The van der Waals surface area contributed by atoms with Crippen molar-refractivity contribution in [2.45, 2.75) is 19.2 Å². The smallest absolute Gasteiger partial charge is 0.0846 e. The van der Waals surface area contributed by atoms with Crippen LogP contribution in [0.5, 0.6) is 0 Å². The molecule has 17 heavy (non-hydrogen) atoms. The summed E-state index contributed by atoms with van der Waals surface area (Å²) in [5.74, 6) is 0. The summed E-state index contributed by atoms with van der Waals surface area (Å²) in [7, 11) is 0. The van der Waals surface area contributed by atoms with E-state index in [4.69, 9.17) is 11.6 Å². The van der Waals surface area contributed by atoms with Crippen molar-refractivity contribution in [2.75, 3.05) is 0 Å². The summed E-state index contributed by atoms with van der Waals surface area (Å²) >= 11 is 10.1. The van der Waals surface area contributed by atoms with Gasteiger partial charge in [0.25, 0.3) is 0 Å². The minimum Gasteiger partial charge on any atom is -0.113 e. The maximum Gasteiger partial charge on any atom is 0.0846 e. The Bertz CT molecular complexity index is 534. The molecule has 2 rings (SSSR count). The van der Waals surface area contributed by atoms with Crippen molar-refractivity contribution in [1.82, 2.24) is 0 Å². The first-order chi connectivity index (χ1) is 8.09. The Labute approximate surface area is 116 Å². The molecule has 0 aliphatic carbocycles. The average Bonchev–Trinajstić information content (AvgIpc) is 2.32. The van der Waals surface area contributed by atoms with Crippen molar-refractivity contribution in [1.29, 1.82) is 0 Å². The van der Waals surface area contributed by atoms with Gasteiger partial charge in [0.05, 0.1) is 5.38 Å². The molecule has 0 N–H and O–H groups in total. The van der Waals surface area contributed by atoms with Crippen LogP contribution < -0.4 is 0 Å². The van der Waals surface area contributed by atoms with Gasteiger partial charge in [-0.3, -0.25) is 0 Å². The highest BCUT2D eigenvalue weighted by Gasteiger charge is 2.13. The van der Waals surface area contributed by atoms with Gasteiger partial charge in [0.15, 0.2) is 0 Å². The van der Waals surface area contributed by atoms with Gasteiger partial charge < -0.3 is 0 Å². The van der Waals surface area contributed by atoms with E-state index >= 15 is 0 Å². The zero-order chi connectivity index (χ0) is 12.4. The normalized spacial score (nSPS) is 12.5. The molecule has 0 nitrogen and oxygen atoms in total. The lowest BCUT2D eigenvalue weighted by atomic mass is 10.00. The quantitative estimate of drug-likeness (QED) is 0.652. The number of rotatable bonds is 2. The molecule has 0 saturated carbocycles. The first kappa shape index (κ1) is 12.7. The second-order valence-electron chi connectivity index (χ2n) is 4.23. The summed E-state index contributed by atoms with van der Waals surface area (Å²) in [6.45, 7) is 4.23. The van der Waals surface area contributed by atoms with E-state index in [1.807, 2.05) is 18.2 Å². The molecule has 2 heteroatoms. The van der Waals surface area contributed by atoms with Crippen LogP contribution in [0.3, 0.4) is 0 Å². The number of alkyl halides is 1. The summed E-state index contributed by atoms with van der Waals surface area (Å²) in [6, 6.07) is 14.5. The van der Waals surface area contributed by atoms with Gasteiger partial charge in [0.2, 0.25) is 0 Å². The van der Waals surface area contributed by atoms with Gasteiger partial charge in [-0.05, 0) is 42.2 Å². The van der Waals surface area contributed by atoms with Crippen LogP contribution in [0.4, 0.5) is 0 Å². The predicted octanol–water partition coefficient (Wildman–Crippen LogP) is 5.39. The third-order valence-electron chi connectivity index (χ3n) is 3.00. The molecule has 0 radical (unpaired) electrons. The fourth-order valence-electron chi connectivity index (χ4n) is 1.78. The second kappa shape index (κ2) is 5.24. The highest BCUT2D eigenvalue weighted by Crippen LogP contribution is 2.34. The van der Waals surface area contributed by atoms with Crippen LogP contribution in [-0.4, -0.2) is 0 Å². The van der Waals surface area contributed by atoms with Crippen molar-refractivity contribution >= 4 is 27.5 Å². The molecule has 0 fully saturated rings. The van der Waals surface area contributed by atoms with E-state index in [1.165, 1.54) is 11.1 Å². The van der Waals surface area contributed by atoms with Gasteiger partial charge in [-0.15, -0.1) is 11.6 Å². The second-order valence-corrected chi connectivity index (χ2v) is 5.52. The van der Waals surface area contributed by atoms with Gasteiger partial charge in [-0.25, -0.2) is 0 Å². The Balaban J connectivity index is 2.40. The molecular formula is C15H14BrCl. The molecular weight excluding hydrogens is 296 g/mol. The molecule has 2 aromatic carbocycles. The van der Waals surface area contributed by atoms with Gasteiger partial charge in [-0.1, -0.05) is 52.3 Å². The third-order valence-corrected chi connectivity index (χ3v) is 4.21. The van der Waals surface area contributed by atoms with Crippen molar-refractivity contribution in [3.63, 3.8) is 0 Å². The number of aryl methyl sites for hydroxylation is 2. The van der Waals surface area contributed by atoms with Crippen LogP contribution in [-0.2, 0) is 0 Å². The molecule has 0 saturated heterocycles. The van der Waals surface area contributed by atoms with Gasteiger partial charge >= 0.3 is 0 Å².